The highest BCUT2D eigenvalue weighted by Gasteiger charge is 2.23. The van der Waals surface area contributed by atoms with Crippen molar-refractivity contribution in [3.8, 4) is 11.5 Å². The number of anilines is 1. The Balaban J connectivity index is 1.43. The molecule has 0 aliphatic carbocycles. The molecule has 9 heteroatoms. The molecular weight excluding hydrogens is 410 g/mol. The van der Waals surface area contributed by atoms with Crippen LogP contribution in [0.15, 0.2) is 45.6 Å². The molecule has 1 aliphatic rings. The second-order valence-corrected chi connectivity index (χ2v) is 7.38. The third kappa shape index (κ3) is 3.82. The number of amides is 1. The Morgan fingerprint density at radius 1 is 1.07 bits per heavy atom. The molecular formula is C21H22ClN3O5. The summed E-state index contributed by atoms with van der Waals surface area (Å²) >= 11 is 6.10. The van der Waals surface area contributed by atoms with E-state index in [1.165, 1.54) is 4.57 Å². The molecule has 0 radical (unpaired) electrons. The topological polar surface area (TPSA) is 77.1 Å². The van der Waals surface area contributed by atoms with Crippen molar-refractivity contribution in [2.75, 3.05) is 45.3 Å². The zero-order valence-corrected chi connectivity index (χ0v) is 17.5. The lowest BCUT2D eigenvalue weighted by atomic mass is 10.2. The number of hydrogen-bond acceptors (Lipinski definition) is 6. The van der Waals surface area contributed by atoms with E-state index in [1.54, 1.807) is 43.4 Å². The van der Waals surface area contributed by atoms with E-state index in [0.717, 1.165) is 5.69 Å². The second kappa shape index (κ2) is 8.31. The molecule has 1 aliphatic heterocycles. The standard InChI is InChI=1S/C21H22ClN3O5/c1-28-15-4-6-17-19(12-15)30-21(27)25(17)13-20(26)24-9-7-23(8-10-24)14-3-5-16(22)18(11-14)29-2/h3-6,11-12H,7-10,13H2,1-2H3. The predicted molar refractivity (Wildman–Crippen MR) is 114 cm³/mol. The first-order chi connectivity index (χ1) is 14.5. The fourth-order valence-electron chi connectivity index (χ4n) is 3.62. The highest BCUT2D eigenvalue weighted by molar-refractivity contribution is 6.32. The predicted octanol–water partition coefficient (Wildman–Crippen LogP) is 2.61. The second-order valence-electron chi connectivity index (χ2n) is 6.97. The fraction of sp³-hybridized carbons (Fsp3) is 0.333. The van der Waals surface area contributed by atoms with E-state index in [1.807, 2.05) is 12.1 Å². The molecule has 0 N–H and O–H groups in total. The monoisotopic (exact) mass is 431 g/mol. The van der Waals surface area contributed by atoms with Gasteiger partial charge in [-0.2, -0.15) is 0 Å². The number of halogens is 1. The third-order valence-corrected chi connectivity index (χ3v) is 5.61. The zero-order chi connectivity index (χ0) is 21.3. The molecule has 30 heavy (non-hydrogen) atoms. The first kappa shape index (κ1) is 20.2. The van der Waals surface area contributed by atoms with Gasteiger partial charge in [0.2, 0.25) is 5.91 Å². The normalized spacial score (nSPS) is 14.2. The van der Waals surface area contributed by atoms with Crippen molar-refractivity contribution in [2.24, 2.45) is 0 Å². The number of piperazine rings is 1. The number of nitrogens with zero attached hydrogens (tertiary/aromatic N) is 3. The average Bonchev–Trinajstić information content (AvgIpc) is 3.08. The van der Waals surface area contributed by atoms with Crippen LogP contribution in [0.2, 0.25) is 5.02 Å². The SMILES string of the molecule is COc1ccc2c(c1)oc(=O)n2CC(=O)N1CCN(c2ccc(Cl)c(OC)c2)CC1. The van der Waals surface area contributed by atoms with Crippen molar-refractivity contribution < 1.29 is 18.7 Å². The maximum absolute atomic E-state index is 12.8. The van der Waals surface area contributed by atoms with Gasteiger partial charge in [0, 0.05) is 44.0 Å². The summed E-state index contributed by atoms with van der Waals surface area (Å²) in [6.07, 6.45) is 0. The van der Waals surface area contributed by atoms with Gasteiger partial charge in [-0.3, -0.25) is 9.36 Å². The van der Waals surface area contributed by atoms with Crippen molar-refractivity contribution in [1.82, 2.24) is 9.47 Å². The Morgan fingerprint density at radius 2 is 1.83 bits per heavy atom. The van der Waals surface area contributed by atoms with Crippen molar-refractivity contribution >= 4 is 34.3 Å². The van der Waals surface area contributed by atoms with E-state index < -0.39 is 5.76 Å². The highest BCUT2D eigenvalue weighted by atomic mass is 35.5. The summed E-state index contributed by atoms with van der Waals surface area (Å²) in [6, 6.07) is 10.7. The average molecular weight is 432 g/mol. The maximum atomic E-state index is 12.8. The number of methoxy groups -OCH3 is 2. The molecule has 2 aromatic carbocycles. The van der Waals surface area contributed by atoms with Crippen molar-refractivity contribution in [1.29, 1.82) is 0 Å². The summed E-state index contributed by atoms with van der Waals surface area (Å²) in [5.74, 6) is 0.530. The number of carbonyl (C=O) groups excluding carboxylic acids is 1. The molecule has 0 atom stereocenters. The molecule has 1 fully saturated rings. The van der Waals surface area contributed by atoms with Gasteiger partial charge in [0.05, 0.1) is 24.8 Å². The van der Waals surface area contributed by atoms with Gasteiger partial charge in [-0.05, 0) is 24.3 Å². The lowest BCUT2D eigenvalue weighted by Gasteiger charge is -2.36. The van der Waals surface area contributed by atoms with Crippen LogP contribution < -0.4 is 20.1 Å². The molecule has 2 heterocycles. The lowest BCUT2D eigenvalue weighted by molar-refractivity contribution is -0.132. The van der Waals surface area contributed by atoms with E-state index in [0.29, 0.717) is 53.8 Å². The number of ether oxygens (including phenoxy) is 2. The van der Waals surface area contributed by atoms with Crippen LogP contribution in [0.1, 0.15) is 0 Å². The van der Waals surface area contributed by atoms with E-state index in [9.17, 15) is 9.59 Å². The molecule has 1 saturated heterocycles. The summed E-state index contributed by atoms with van der Waals surface area (Å²) < 4.78 is 17.0. The van der Waals surface area contributed by atoms with Crippen LogP contribution in [0.5, 0.6) is 11.5 Å². The Kier molecular flexibility index (Phi) is 5.59. The van der Waals surface area contributed by atoms with Crippen LogP contribution >= 0.6 is 11.6 Å². The summed E-state index contributed by atoms with van der Waals surface area (Å²) in [6.45, 7) is 2.40. The largest absolute Gasteiger partial charge is 0.497 e. The van der Waals surface area contributed by atoms with Gasteiger partial charge < -0.3 is 23.7 Å². The number of oxazole rings is 1. The molecule has 1 amide bonds. The van der Waals surface area contributed by atoms with Gasteiger partial charge in [-0.15, -0.1) is 0 Å². The van der Waals surface area contributed by atoms with Gasteiger partial charge in [0.25, 0.3) is 0 Å². The molecule has 0 bridgehead atoms. The van der Waals surface area contributed by atoms with Crippen LogP contribution in [0, 0.1) is 0 Å². The highest BCUT2D eigenvalue weighted by Crippen LogP contribution is 2.30. The minimum atomic E-state index is -0.557. The Morgan fingerprint density at radius 3 is 2.53 bits per heavy atom. The van der Waals surface area contributed by atoms with Crippen molar-refractivity contribution in [3.05, 3.63) is 52.0 Å². The maximum Gasteiger partial charge on any atom is 0.420 e. The summed E-state index contributed by atoms with van der Waals surface area (Å²) in [4.78, 5) is 29.0. The van der Waals surface area contributed by atoms with E-state index in [-0.39, 0.29) is 12.5 Å². The first-order valence-corrected chi connectivity index (χ1v) is 9.91. The van der Waals surface area contributed by atoms with Crippen molar-refractivity contribution in [2.45, 2.75) is 6.54 Å². The van der Waals surface area contributed by atoms with Crippen LogP contribution in [0.25, 0.3) is 11.1 Å². The molecule has 3 aromatic rings. The van der Waals surface area contributed by atoms with Crippen LogP contribution in [-0.2, 0) is 11.3 Å². The summed E-state index contributed by atoms with van der Waals surface area (Å²) in [5.41, 5.74) is 1.96. The molecule has 158 valence electrons. The molecule has 1 aromatic heterocycles. The summed E-state index contributed by atoms with van der Waals surface area (Å²) in [5, 5.41) is 0.561. The van der Waals surface area contributed by atoms with Crippen LogP contribution in [0.4, 0.5) is 5.69 Å². The van der Waals surface area contributed by atoms with Crippen molar-refractivity contribution in [3.63, 3.8) is 0 Å². The Hall–Kier alpha value is -3.13. The van der Waals surface area contributed by atoms with Gasteiger partial charge in [0.15, 0.2) is 5.58 Å². The zero-order valence-electron chi connectivity index (χ0n) is 16.8. The number of aromatic nitrogens is 1. The van der Waals surface area contributed by atoms with Gasteiger partial charge in [-0.1, -0.05) is 11.6 Å². The smallest absolute Gasteiger partial charge is 0.420 e. The summed E-state index contributed by atoms with van der Waals surface area (Å²) in [7, 11) is 3.12. The lowest BCUT2D eigenvalue weighted by Crippen LogP contribution is -2.50. The first-order valence-electron chi connectivity index (χ1n) is 9.54. The van der Waals surface area contributed by atoms with E-state index >= 15 is 0 Å². The fourth-order valence-corrected chi connectivity index (χ4v) is 3.81. The van der Waals surface area contributed by atoms with Crippen LogP contribution in [0.3, 0.4) is 0 Å². The Bertz CT molecular complexity index is 1130. The molecule has 8 nitrogen and oxygen atoms in total. The number of rotatable bonds is 5. The number of hydrogen-bond donors (Lipinski definition) is 0. The molecule has 0 saturated carbocycles. The van der Waals surface area contributed by atoms with Gasteiger partial charge in [-0.25, -0.2) is 4.79 Å². The number of benzene rings is 2. The van der Waals surface area contributed by atoms with E-state index in [4.69, 9.17) is 25.5 Å². The number of fused-ring (bicyclic) bond motifs is 1. The third-order valence-electron chi connectivity index (χ3n) is 5.30. The number of carbonyl (C=O) groups is 1. The molecule has 0 spiro atoms. The molecule has 4 rings (SSSR count). The van der Waals surface area contributed by atoms with Gasteiger partial charge >= 0.3 is 5.76 Å². The minimum Gasteiger partial charge on any atom is -0.497 e. The quantitative estimate of drug-likeness (QED) is 0.618. The Labute approximate surface area is 178 Å². The van der Waals surface area contributed by atoms with E-state index in [2.05, 4.69) is 4.90 Å². The molecule has 0 unspecified atom stereocenters. The minimum absolute atomic E-state index is 0.0626. The van der Waals surface area contributed by atoms with Gasteiger partial charge in [0.1, 0.15) is 18.0 Å². The van der Waals surface area contributed by atoms with Crippen LogP contribution in [-0.4, -0.2) is 55.8 Å².